The molecule has 0 saturated carbocycles. The van der Waals surface area contributed by atoms with Gasteiger partial charge >= 0.3 is 5.97 Å². The van der Waals surface area contributed by atoms with Crippen molar-refractivity contribution in [3.05, 3.63) is 24.3 Å². The Morgan fingerprint density at radius 1 is 1.39 bits per heavy atom. The summed E-state index contributed by atoms with van der Waals surface area (Å²) >= 11 is 0. The van der Waals surface area contributed by atoms with E-state index in [1.807, 2.05) is 12.2 Å². The van der Waals surface area contributed by atoms with Crippen molar-refractivity contribution in [2.45, 2.75) is 64.1 Å². The third-order valence-electron chi connectivity index (χ3n) is 4.21. The molecular formula is C18H28O4Si. The van der Waals surface area contributed by atoms with Crippen LogP contribution >= 0.6 is 0 Å². The van der Waals surface area contributed by atoms with E-state index in [2.05, 4.69) is 39.8 Å². The summed E-state index contributed by atoms with van der Waals surface area (Å²) in [5.74, 6) is 2.16. The van der Waals surface area contributed by atoms with E-state index in [4.69, 9.17) is 20.3 Å². The Labute approximate surface area is 141 Å². The molecule has 128 valence electrons. The van der Waals surface area contributed by atoms with Gasteiger partial charge in [-0.25, -0.2) is 4.79 Å². The average Bonchev–Trinajstić information content (AvgIpc) is 2.45. The van der Waals surface area contributed by atoms with Crippen molar-refractivity contribution in [3.8, 4) is 12.3 Å². The Hall–Kier alpha value is -1.35. The van der Waals surface area contributed by atoms with Gasteiger partial charge in [-0.05, 0) is 37.2 Å². The lowest BCUT2D eigenvalue weighted by atomic mass is 10.1. The Morgan fingerprint density at radius 2 is 2.04 bits per heavy atom. The standard InChI is InChI=1S/C18H28O4Si/c1-8-14-10-11-16(22-23(6,7)18(3,4)5)15(21-14)12-13-17(19)20-9-2/h1,10-16H,9H2,2-7H3/b13-12-/t14-,15-,16?/m1/s1. The van der Waals surface area contributed by atoms with Gasteiger partial charge in [-0.1, -0.05) is 32.8 Å². The average molecular weight is 337 g/mol. The van der Waals surface area contributed by atoms with Crippen molar-refractivity contribution >= 4 is 14.3 Å². The highest BCUT2D eigenvalue weighted by Crippen LogP contribution is 2.38. The largest absolute Gasteiger partial charge is 0.463 e. The van der Waals surface area contributed by atoms with Gasteiger partial charge in [0.2, 0.25) is 0 Å². The van der Waals surface area contributed by atoms with Gasteiger partial charge in [0.25, 0.3) is 0 Å². The van der Waals surface area contributed by atoms with Crippen molar-refractivity contribution in [2.24, 2.45) is 0 Å². The topological polar surface area (TPSA) is 44.8 Å². The number of rotatable bonds is 5. The molecule has 0 radical (unpaired) electrons. The third kappa shape index (κ3) is 5.65. The number of terminal acetylenes is 1. The highest BCUT2D eigenvalue weighted by Gasteiger charge is 2.41. The smallest absolute Gasteiger partial charge is 0.330 e. The van der Waals surface area contributed by atoms with E-state index >= 15 is 0 Å². The molecule has 0 spiro atoms. The number of carbonyl (C=O) groups is 1. The second-order valence-corrected chi connectivity index (χ2v) is 11.8. The van der Waals surface area contributed by atoms with Gasteiger partial charge in [-0.3, -0.25) is 0 Å². The molecule has 0 saturated heterocycles. The first kappa shape index (κ1) is 19.7. The maximum atomic E-state index is 11.5. The predicted molar refractivity (Wildman–Crippen MR) is 94.5 cm³/mol. The molecule has 0 aromatic heterocycles. The number of hydrogen-bond donors (Lipinski definition) is 0. The van der Waals surface area contributed by atoms with Crippen LogP contribution in [0.5, 0.6) is 0 Å². The minimum Gasteiger partial charge on any atom is -0.463 e. The molecule has 1 rings (SSSR count). The first-order chi connectivity index (χ1) is 10.6. The highest BCUT2D eigenvalue weighted by atomic mass is 28.4. The molecule has 0 bridgehead atoms. The van der Waals surface area contributed by atoms with E-state index in [-0.39, 0.29) is 11.1 Å². The van der Waals surface area contributed by atoms with Crippen molar-refractivity contribution < 1.29 is 18.7 Å². The minimum absolute atomic E-state index is 0.0826. The first-order valence-electron chi connectivity index (χ1n) is 7.93. The van der Waals surface area contributed by atoms with Crippen molar-refractivity contribution in [2.75, 3.05) is 6.61 Å². The molecule has 0 aromatic carbocycles. The molecule has 1 heterocycles. The molecule has 4 nitrogen and oxygen atoms in total. The van der Waals surface area contributed by atoms with Crippen molar-refractivity contribution in [1.82, 2.24) is 0 Å². The summed E-state index contributed by atoms with van der Waals surface area (Å²) in [6.45, 7) is 13.0. The van der Waals surface area contributed by atoms with Gasteiger partial charge in [0, 0.05) is 6.08 Å². The van der Waals surface area contributed by atoms with Crippen LogP contribution in [-0.4, -0.2) is 39.2 Å². The molecule has 1 unspecified atom stereocenters. The van der Waals surface area contributed by atoms with E-state index in [1.54, 1.807) is 13.0 Å². The SMILES string of the molecule is C#C[C@@H]1C=CC(O[Si](C)(C)C(C)(C)C)[C@@H](/C=C\C(=O)OCC)O1. The number of ether oxygens (including phenoxy) is 2. The van der Waals surface area contributed by atoms with Crippen LogP contribution in [0.3, 0.4) is 0 Å². The van der Waals surface area contributed by atoms with Crippen LogP contribution in [0.15, 0.2) is 24.3 Å². The monoisotopic (exact) mass is 336 g/mol. The lowest BCUT2D eigenvalue weighted by Gasteiger charge is -2.41. The number of esters is 1. The van der Waals surface area contributed by atoms with E-state index in [1.165, 1.54) is 6.08 Å². The van der Waals surface area contributed by atoms with Gasteiger partial charge < -0.3 is 13.9 Å². The molecule has 0 fully saturated rings. The molecule has 0 aromatic rings. The molecule has 1 aliphatic heterocycles. The zero-order valence-electron chi connectivity index (χ0n) is 15.0. The summed E-state index contributed by atoms with van der Waals surface area (Å²) in [6.07, 6.45) is 11.2. The molecule has 1 aliphatic rings. The van der Waals surface area contributed by atoms with Crippen LogP contribution in [0.4, 0.5) is 0 Å². The summed E-state index contributed by atoms with van der Waals surface area (Å²) in [5, 5.41) is 0.0826. The summed E-state index contributed by atoms with van der Waals surface area (Å²) in [4.78, 5) is 11.5. The summed E-state index contributed by atoms with van der Waals surface area (Å²) in [7, 11) is -1.97. The quantitative estimate of drug-likeness (QED) is 0.254. The van der Waals surface area contributed by atoms with E-state index in [0.717, 1.165) is 0 Å². The number of hydrogen-bond acceptors (Lipinski definition) is 4. The normalized spacial score (nSPS) is 25.3. The summed E-state index contributed by atoms with van der Waals surface area (Å²) in [5.41, 5.74) is 0. The van der Waals surface area contributed by atoms with Crippen LogP contribution in [0.1, 0.15) is 27.7 Å². The van der Waals surface area contributed by atoms with Crippen LogP contribution in [0, 0.1) is 12.3 Å². The summed E-state index contributed by atoms with van der Waals surface area (Å²) in [6, 6.07) is 0. The van der Waals surface area contributed by atoms with Gasteiger partial charge in [0.15, 0.2) is 8.32 Å². The zero-order chi connectivity index (χ0) is 17.7. The van der Waals surface area contributed by atoms with E-state index in [9.17, 15) is 4.79 Å². The van der Waals surface area contributed by atoms with Crippen LogP contribution in [-0.2, 0) is 18.7 Å². The molecule has 5 heteroatoms. The van der Waals surface area contributed by atoms with Crippen LogP contribution in [0.25, 0.3) is 0 Å². The molecular weight excluding hydrogens is 308 g/mol. The molecule has 3 atom stereocenters. The second kappa shape index (κ2) is 7.96. The Morgan fingerprint density at radius 3 is 2.57 bits per heavy atom. The minimum atomic E-state index is -1.97. The van der Waals surface area contributed by atoms with Crippen molar-refractivity contribution in [3.63, 3.8) is 0 Å². The lowest BCUT2D eigenvalue weighted by molar-refractivity contribution is -0.137. The molecule has 0 amide bonds. The van der Waals surface area contributed by atoms with Crippen LogP contribution in [0.2, 0.25) is 18.1 Å². The fourth-order valence-corrected chi connectivity index (χ4v) is 3.10. The molecule has 0 aliphatic carbocycles. The lowest BCUT2D eigenvalue weighted by Crippen LogP contribution is -2.48. The predicted octanol–water partition coefficient (Wildman–Crippen LogP) is 3.45. The van der Waals surface area contributed by atoms with Gasteiger partial charge in [-0.15, -0.1) is 6.42 Å². The van der Waals surface area contributed by atoms with Gasteiger partial charge in [0.05, 0.1) is 12.7 Å². The van der Waals surface area contributed by atoms with Crippen molar-refractivity contribution in [1.29, 1.82) is 0 Å². The highest BCUT2D eigenvalue weighted by molar-refractivity contribution is 6.74. The Kier molecular flexibility index (Phi) is 6.81. The fourth-order valence-electron chi connectivity index (χ4n) is 1.85. The Balaban J connectivity index is 2.93. The van der Waals surface area contributed by atoms with Gasteiger partial charge in [0.1, 0.15) is 12.2 Å². The fraction of sp³-hybridized carbons (Fsp3) is 0.611. The maximum Gasteiger partial charge on any atom is 0.330 e. The third-order valence-corrected chi connectivity index (χ3v) is 8.69. The molecule has 0 N–H and O–H groups in total. The Bertz CT molecular complexity index is 508. The second-order valence-electron chi connectivity index (χ2n) is 7.03. The maximum absolute atomic E-state index is 11.5. The zero-order valence-corrected chi connectivity index (χ0v) is 16.0. The first-order valence-corrected chi connectivity index (χ1v) is 10.8. The van der Waals surface area contributed by atoms with Gasteiger partial charge in [-0.2, -0.15) is 0 Å². The molecule has 23 heavy (non-hydrogen) atoms. The van der Waals surface area contributed by atoms with Crippen LogP contribution < -0.4 is 0 Å². The summed E-state index contributed by atoms with van der Waals surface area (Å²) < 4.78 is 17.1. The van der Waals surface area contributed by atoms with E-state index < -0.39 is 26.5 Å². The van der Waals surface area contributed by atoms with E-state index in [0.29, 0.717) is 6.61 Å². The number of carbonyl (C=O) groups excluding carboxylic acids is 1.